The van der Waals surface area contributed by atoms with Gasteiger partial charge in [0.25, 0.3) is 0 Å². The van der Waals surface area contributed by atoms with E-state index in [0.717, 1.165) is 12.1 Å². The first-order chi connectivity index (χ1) is 5.88. The average Bonchev–Trinajstić information content (AvgIpc) is 2.20. The third-order valence-corrected chi connectivity index (χ3v) is 5.46. The molecule has 72 valence electrons. The summed E-state index contributed by atoms with van der Waals surface area (Å²) in [4.78, 5) is 10.8. The summed E-state index contributed by atoms with van der Waals surface area (Å²) in [7, 11) is 0. The second-order valence-corrected chi connectivity index (χ2v) is 7.66. The van der Waals surface area contributed by atoms with Crippen molar-refractivity contribution in [1.29, 1.82) is 0 Å². The van der Waals surface area contributed by atoms with Gasteiger partial charge in [-0.1, -0.05) is 0 Å². The van der Waals surface area contributed by atoms with Crippen molar-refractivity contribution >= 4 is 25.2 Å². The molecule has 0 fully saturated rings. The van der Waals surface area contributed by atoms with E-state index in [1.165, 1.54) is 12.1 Å². The topological polar surface area (TPSA) is 26.3 Å². The molecule has 0 bridgehead atoms. The van der Waals surface area contributed by atoms with E-state index in [0.29, 0.717) is 0 Å². The normalized spacial score (nSPS) is 25.5. The number of hydrogen-bond donors (Lipinski definition) is 0. The Morgan fingerprint density at radius 2 is 1.77 bits per heavy atom. The molecular formula is C7H4F3IO2. The molecule has 1 aliphatic heterocycles. The Kier molecular flexibility index (Phi) is 1.47. The van der Waals surface area contributed by atoms with Gasteiger partial charge in [-0.15, -0.1) is 0 Å². The summed E-state index contributed by atoms with van der Waals surface area (Å²) in [6.45, 7) is 0. The molecular weight excluding hydrogens is 300 g/mol. The van der Waals surface area contributed by atoms with Crippen LogP contribution in [0.3, 0.4) is 0 Å². The Morgan fingerprint density at radius 3 is 2.38 bits per heavy atom. The van der Waals surface area contributed by atoms with E-state index < -0.39 is 28.7 Å². The first-order valence-electron chi connectivity index (χ1n) is 3.26. The van der Waals surface area contributed by atoms with Crippen molar-refractivity contribution in [2.45, 2.75) is 0 Å². The summed E-state index contributed by atoms with van der Waals surface area (Å²) >= 11 is -7.46. The summed E-state index contributed by atoms with van der Waals surface area (Å²) in [6, 6.07) is 4.66. The summed E-state index contributed by atoms with van der Waals surface area (Å²) in [5, 5.41) is 0. The van der Waals surface area contributed by atoms with E-state index in [-0.39, 0.29) is 5.56 Å². The zero-order valence-corrected chi connectivity index (χ0v) is 8.30. The van der Waals surface area contributed by atoms with Crippen LogP contribution in [0.1, 0.15) is 10.4 Å². The Balaban J connectivity index is 2.75. The van der Waals surface area contributed by atoms with Crippen LogP contribution in [0, 0.1) is 3.57 Å². The van der Waals surface area contributed by atoms with Gasteiger partial charge in [-0.25, -0.2) is 0 Å². The van der Waals surface area contributed by atoms with Crippen molar-refractivity contribution in [3.8, 4) is 0 Å². The molecule has 0 atom stereocenters. The van der Waals surface area contributed by atoms with Gasteiger partial charge >= 0.3 is 75.0 Å². The quantitative estimate of drug-likeness (QED) is 0.688. The first kappa shape index (κ1) is 8.79. The van der Waals surface area contributed by atoms with Gasteiger partial charge in [-0.05, 0) is 0 Å². The summed E-state index contributed by atoms with van der Waals surface area (Å²) in [5.74, 6) is -1.27. The molecule has 0 aliphatic carbocycles. The molecule has 0 radical (unpaired) electrons. The monoisotopic (exact) mass is 304 g/mol. The summed E-state index contributed by atoms with van der Waals surface area (Å²) < 4.78 is 41.6. The third kappa shape index (κ3) is 1.19. The molecule has 0 spiro atoms. The number of halogens is 4. The molecule has 0 aromatic heterocycles. The fourth-order valence-electron chi connectivity index (χ4n) is 1.08. The Bertz CT molecular complexity index is 396. The predicted molar refractivity (Wildman–Crippen MR) is 47.9 cm³/mol. The maximum atomic E-state index is 13.0. The van der Waals surface area contributed by atoms with E-state index in [9.17, 15) is 13.4 Å². The molecule has 0 saturated carbocycles. The molecule has 6 heteroatoms. The van der Waals surface area contributed by atoms with E-state index in [2.05, 4.69) is 3.07 Å². The van der Waals surface area contributed by atoms with Crippen molar-refractivity contribution in [2.24, 2.45) is 0 Å². The number of rotatable bonds is 0. The van der Waals surface area contributed by atoms with Gasteiger partial charge in [0.2, 0.25) is 0 Å². The number of fused-ring (bicyclic) bond motifs is 1. The van der Waals surface area contributed by atoms with E-state index in [1.54, 1.807) is 0 Å². The molecule has 0 N–H and O–H groups in total. The Hall–Kier alpha value is -0.790. The van der Waals surface area contributed by atoms with Crippen molar-refractivity contribution < 1.29 is 16.4 Å². The van der Waals surface area contributed by atoms with Gasteiger partial charge < -0.3 is 0 Å². The van der Waals surface area contributed by atoms with Crippen LogP contribution in [0.25, 0.3) is 0 Å². The minimum atomic E-state index is -7.46. The van der Waals surface area contributed by atoms with Crippen LogP contribution >= 0.6 is 19.2 Å². The summed E-state index contributed by atoms with van der Waals surface area (Å²) in [6.07, 6.45) is 0. The SMILES string of the molecule is O=C1OI(F)(F)(F)c2ccccc21. The van der Waals surface area contributed by atoms with Crippen LogP contribution in [0.5, 0.6) is 0 Å². The molecule has 0 saturated heterocycles. The molecule has 2 rings (SSSR count). The molecule has 1 aromatic carbocycles. The Morgan fingerprint density at radius 1 is 1.15 bits per heavy atom. The van der Waals surface area contributed by atoms with E-state index in [1.807, 2.05) is 0 Å². The maximum absolute atomic E-state index is 13.0. The van der Waals surface area contributed by atoms with Crippen LogP contribution in [0.15, 0.2) is 24.3 Å². The fourth-order valence-corrected chi connectivity index (χ4v) is 4.26. The molecule has 1 heterocycles. The van der Waals surface area contributed by atoms with Crippen LogP contribution < -0.4 is 0 Å². The van der Waals surface area contributed by atoms with Gasteiger partial charge in [-0.2, -0.15) is 0 Å². The van der Waals surface area contributed by atoms with Crippen LogP contribution in [0.4, 0.5) is 8.58 Å². The molecule has 13 heavy (non-hydrogen) atoms. The molecule has 1 aliphatic rings. The van der Waals surface area contributed by atoms with Gasteiger partial charge in [0, 0.05) is 0 Å². The van der Waals surface area contributed by atoms with E-state index in [4.69, 9.17) is 0 Å². The van der Waals surface area contributed by atoms with Crippen molar-refractivity contribution in [1.82, 2.24) is 0 Å². The van der Waals surface area contributed by atoms with Crippen LogP contribution in [-0.4, -0.2) is 5.97 Å². The van der Waals surface area contributed by atoms with Crippen LogP contribution in [-0.2, 0) is 3.07 Å². The third-order valence-electron chi connectivity index (χ3n) is 1.60. The molecule has 0 unspecified atom stereocenters. The zero-order chi connectivity index (χ0) is 9.71. The fraction of sp³-hybridized carbons (Fsp3) is 0. The number of benzene rings is 1. The van der Waals surface area contributed by atoms with Crippen LogP contribution in [0.2, 0.25) is 0 Å². The predicted octanol–water partition coefficient (Wildman–Crippen LogP) is 3.17. The van der Waals surface area contributed by atoms with Crippen molar-refractivity contribution in [3.63, 3.8) is 0 Å². The average molecular weight is 304 g/mol. The first-order valence-corrected chi connectivity index (χ1v) is 7.66. The van der Waals surface area contributed by atoms with Gasteiger partial charge in [-0.3, -0.25) is 0 Å². The molecule has 0 amide bonds. The second-order valence-electron chi connectivity index (χ2n) is 2.47. The van der Waals surface area contributed by atoms with E-state index >= 15 is 0 Å². The standard InChI is InChI=1S/C7H4F3IO2/c8-11(9,10)6-4-2-1-3-5(6)7(12)13-11/h1-4H. The number of carbonyl (C=O) groups is 1. The molecule has 1 aromatic rings. The van der Waals surface area contributed by atoms with Crippen molar-refractivity contribution in [2.75, 3.05) is 0 Å². The Labute approximate surface area is 75.2 Å². The van der Waals surface area contributed by atoms with Crippen molar-refractivity contribution in [3.05, 3.63) is 33.4 Å². The summed E-state index contributed by atoms with van der Waals surface area (Å²) in [5.41, 5.74) is -0.357. The van der Waals surface area contributed by atoms with Gasteiger partial charge in [0.15, 0.2) is 0 Å². The van der Waals surface area contributed by atoms with Gasteiger partial charge in [0.1, 0.15) is 0 Å². The minimum absolute atomic E-state index is 0.357. The number of carbonyl (C=O) groups excluding carboxylic acids is 1. The number of hydrogen-bond acceptors (Lipinski definition) is 2. The van der Waals surface area contributed by atoms with Gasteiger partial charge in [0.05, 0.1) is 0 Å². The zero-order valence-electron chi connectivity index (χ0n) is 6.14. The second kappa shape index (κ2) is 2.17. The molecule has 2 nitrogen and oxygen atoms in total.